The van der Waals surface area contributed by atoms with Crippen molar-refractivity contribution in [3.63, 3.8) is 0 Å². The summed E-state index contributed by atoms with van der Waals surface area (Å²) in [7, 11) is 0. The number of carbonyl (C=O) groups excluding carboxylic acids is 1. The zero-order valence-electron chi connectivity index (χ0n) is 14.5. The van der Waals surface area contributed by atoms with E-state index in [1.165, 1.54) is 28.7 Å². The van der Waals surface area contributed by atoms with Crippen molar-refractivity contribution >= 4 is 34.1 Å². The average Bonchev–Trinajstić information content (AvgIpc) is 3.09. The van der Waals surface area contributed by atoms with Crippen molar-refractivity contribution in [1.29, 1.82) is 0 Å². The number of anilines is 1. The molecule has 0 radical (unpaired) electrons. The van der Waals surface area contributed by atoms with Crippen LogP contribution in [0.5, 0.6) is 0 Å². The standard InChI is InChI=1S/C18H24N4OS2/c1-2-19-17-20-21-18(25-17)24-13-16(23)22-10-8-15(9-11-22)12-14-6-4-3-5-7-14/h3-7,15H,2,8-13H2,1H3,(H,19,20). The van der Waals surface area contributed by atoms with Crippen LogP contribution in [0.3, 0.4) is 0 Å². The number of carbonyl (C=O) groups is 1. The highest BCUT2D eigenvalue weighted by atomic mass is 32.2. The van der Waals surface area contributed by atoms with Gasteiger partial charge in [-0.3, -0.25) is 4.79 Å². The third-order valence-electron chi connectivity index (χ3n) is 4.39. The minimum atomic E-state index is 0.211. The van der Waals surface area contributed by atoms with Crippen LogP contribution in [0.15, 0.2) is 34.7 Å². The molecule has 1 aromatic heterocycles. The van der Waals surface area contributed by atoms with Gasteiger partial charge in [0, 0.05) is 19.6 Å². The smallest absolute Gasteiger partial charge is 0.233 e. The maximum atomic E-state index is 12.4. The molecule has 0 aliphatic carbocycles. The Morgan fingerprint density at radius 1 is 1.28 bits per heavy atom. The number of aromatic nitrogens is 2. The summed E-state index contributed by atoms with van der Waals surface area (Å²) >= 11 is 2.99. The number of amides is 1. The molecular weight excluding hydrogens is 352 g/mol. The van der Waals surface area contributed by atoms with E-state index in [1.54, 1.807) is 0 Å². The molecule has 1 fully saturated rings. The van der Waals surface area contributed by atoms with Gasteiger partial charge in [-0.15, -0.1) is 10.2 Å². The predicted octanol–water partition coefficient (Wildman–Crippen LogP) is 3.54. The molecule has 1 amide bonds. The summed E-state index contributed by atoms with van der Waals surface area (Å²) in [4.78, 5) is 14.4. The van der Waals surface area contributed by atoms with Crippen LogP contribution >= 0.6 is 23.1 Å². The van der Waals surface area contributed by atoms with Gasteiger partial charge >= 0.3 is 0 Å². The van der Waals surface area contributed by atoms with Crippen molar-refractivity contribution in [2.24, 2.45) is 5.92 Å². The van der Waals surface area contributed by atoms with Crippen molar-refractivity contribution in [2.75, 3.05) is 30.7 Å². The number of nitrogens with zero attached hydrogens (tertiary/aromatic N) is 3. The van der Waals surface area contributed by atoms with Crippen LogP contribution < -0.4 is 5.32 Å². The van der Waals surface area contributed by atoms with E-state index in [4.69, 9.17) is 0 Å². The molecule has 2 aromatic rings. The zero-order valence-corrected chi connectivity index (χ0v) is 16.1. The van der Waals surface area contributed by atoms with Gasteiger partial charge in [0.05, 0.1) is 5.75 Å². The molecule has 1 aliphatic rings. The summed E-state index contributed by atoms with van der Waals surface area (Å²) in [6.45, 7) is 4.60. The summed E-state index contributed by atoms with van der Waals surface area (Å²) in [5.41, 5.74) is 1.40. The van der Waals surface area contributed by atoms with Gasteiger partial charge in [-0.1, -0.05) is 53.4 Å². The molecule has 134 valence electrons. The van der Waals surface area contributed by atoms with Gasteiger partial charge in [-0.2, -0.15) is 0 Å². The van der Waals surface area contributed by atoms with E-state index in [2.05, 4.69) is 45.8 Å². The van der Waals surface area contributed by atoms with Gasteiger partial charge in [-0.25, -0.2) is 0 Å². The van der Waals surface area contributed by atoms with Gasteiger partial charge in [-0.05, 0) is 37.7 Å². The lowest BCUT2D eigenvalue weighted by Crippen LogP contribution is -2.39. The van der Waals surface area contributed by atoms with Crippen LogP contribution in [-0.4, -0.2) is 46.4 Å². The first-order chi connectivity index (χ1) is 12.2. The Hall–Kier alpha value is -1.60. The molecule has 3 rings (SSSR count). The van der Waals surface area contributed by atoms with E-state index in [1.807, 2.05) is 11.8 Å². The minimum absolute atomic E-state index is 0.211. The van der Waals surface area contributed by atoms with E-state index in [0.29, 0.717) is 11.7 Å². The van der Waals surface area contributed by atoms with E-state index < -0.39 is 0 Å². The minimum Gasteiger partial charge on any atom is -0.360 e. The Bertz CT molecular complexity index is 669. The molecule has 1 saturated heterocycles. The second-order valence-corrected chi connectivity index (χ2v) is 8.41. The SMILES string of the molecule is CCNc1nnc(SCC(=O)N2CCC(Cc3ccccc3)CC2)s1. The monoisotopic (exact) mass is 376 g/mol. The Labute approximate surface area is 157 Å². The first-order valence-corrected chi connectivity index (χ1v) is 10.6. The van der Waals surface area contributed by atoms with Crippen LogP contribution in [0.4, 0.5) is 5.13 Å². The number of piperidine rings is 1. The molecule has 25 heavy (non-hydrogen) atoms. The van der Waals surface area contributed by atoms with Crippen LogP contribution in [0, 0.1) is 5.92 Å². The van der Waals surface area contributed by atoms with Gasteiger partial charge in [0.15, 0.2) is 4.34 Å². The lowest BCUT2D eigenvalue weighted by Gasteiger charge is -2.32. The molecule has 0 bridgehead atoms. The predicted molar refractivity (Wildman–Crippen MR) is 104 cm³/mol. The highest BCUT2D eigenvalue weighted by Crippen LogP contribution is 2.27. The van der Waals surface area contributed by atoms with E-state index in [0.717, 1.165) is 48.4 Å². The fourth-order valence-electron chi connectivity index (χ4n) is 3.04. The highest BCUT2D eigenvalue weighted by Gasteiger charge is 2.23. The van der Waals surface area contributed by atoms with Crippen LogP contribution in [0.1, 0.15) is 25.3 Å². The number of nitrogens with one attached hydrogen (secondary N) is 1. The molecule has 0 unspecified atom stereocenters. The van der Waals surface area contributed by atoms with Crippen LogP contribution in [0.25, 0.3) is 0 Å². The topological polar surface area (TPSA) is 58.1 Å². The third kappa shape index (κ3) is 5.44. The van der Waals surface area contributed by atoms with Crippen LogP contribution in [0.2, 0.25) is 0 Å². The summed E-state index contributed by atoms with van der Waals surface area (Å²) in [6.07, 6.45) is 3.30. The van der Waals surface area contributed by atoms with Crippen LogP contribution in [-0.2, 0) is 11.2 Å². The molecular formula is C18H24N4OS2. The first kappa shape index (κ1) is 18.2. The van der Waals surface area contributed by atoms with E-state index in [-0.39, 0.29) is 5.91 Å². The van der Waals surface area contributed by atoms with Gasteiger partial charge < -0.3 is 10.2 Å². The number of hydrogen-bond acceptors (Lipinski definition) is 6. The zero-order chi connectivity index (χ0) is 17.5. The maximum Gasteiger partial charge on any atom is 0.233 e. The average molecular weight is 377 g/mol. The summed E-state index contributed by atoms with van der Waals surface area (Å²) in [6, 6.07) is 10.6. The number of thioether (sulfide) groups is 1. The molecule has 0 spiro atoms. The lowest BCUT2D eigenvalue weighted by molar-refractivity contribution is -0.129. The highest BCUT2D eigenvalue weighted by molar-refractivity contribution is 8.01. The van der Waals surface area contributed by atoms with Crippen molar-refractivity contribution in [3.8, 4) is 0 Å². The molecule has 0 saturated carbocycles. The van der Waals surface area contributed by atoms with E-state index >= 15 is 0 Å². The fraction of sp³-hybridized carbons (Fsp3) is 0.500. The summed E-state index contributed by atoms with van der Waals surface area (Å²) < 4.78 is 0.850. The molecule has 1 N–H and O–H groups in total. The largest absolute Gasteiger partial charge is 0.360 e. The van der Waals surface area contributed by atoms with Crippen molar-refractivity contribution in [1.82, 2.24) is 15.1 Å². The maximum absolute atomic E-state index is 12.4. The molecule has 0 atom stereocenters. The van der Waals surface area contributed by atoms with E-state index in [9.17, 15) is 4.79 Å². The Morgan fingerprint density at radius 3 is 2.76 bits per heavy atom. The van der Waals surface area contributed by atoms with Gasteiger partial charge in [0.2, 0.25) is 11.0 Å². The van der Waals surface area contributed by atoms with Gasteiger partial charge in [0.25, 0.3) is 0 Å². The molecule has 5 nitrogen and oxygen atoms in total. The molecule has 1 aromatic carbocycles. The molecule has 2 heterocycles. The van der Waals surface area contributed by atoms with Gasteiger partial charge in [0.1, 0.15) is 0 Å². The summed E-state index contributed by atoms with van der Waals surface area (Å²) in [5.74, 6) is 1.35. The molecule has 1 aliphatic heterocycles. The number of hydrogen-bond donors (Lipinski definition) is 1. The lowest BCUT2D eigenvalue weighted by atomic mass is 9.90. The fourth-order valence-corrected chi connectivity index (χ4v) is 4.76. The quantitative estimate of drug-likeness (QED) is 0.749. The first-order valence-electron chi connectivity index (χ1n) is 8.76. The normalized spacial score (nSPS) is 15.3. The Morgan fingerprint density at radius 2 is 2.04 bits per heavy atom. The number of benzene rings is 1. The van der Waals surface area contributed by atoms with Crippen molar-refractivity contribution in [3.05, 3.63) is 35.9 Å². The Balaban J connectivity index is 1.40. The second-order valence-electron chi connectivity index (χ2n) is 6.21. The number of likely N-dealkylation sites (tertiary alicyclic amines) is 1. The summed E-state index contributed by atoms with van der Waals surface area (Å²) in [5, 5.41) is 12.1. The third-order valence-corrected chi connectivity index (χ3v) is 6.39. The Kier molecular flexibility index (Phi) is 6.69. The van der Waals surface area contributed by atoms with Crippen molar-refractivity contribution in [2.45, 2.75) is 30.5 Å². The van der Waals surface area contributed by atoms with Crippen molar-refractivity contribution < 1.29 is 4.79 Å². The second kappa shape index (κ2) is 9.20. The molecule has 7 heteroatoms. The number of rotatable bonds is 7.